The third-order valence-corrected chi connectivity index (χ3v) is 22.7. The summed E-state index contributed by atoms with van der Waals surface area (Å²) in [6.45, 7) is 19.5. The Kier molecular flexibility index (Phi) is 23.8. The van der Waals surface area contributed by atoms with Gasteiger partial charge in [-0.05, 0) is 249 Å². The molecule has 1 N–H and O–H groups in total. The number of carbonyl (C=O) groups excluding carboxylic acids is 4. The van der Waals surface area contributed by atoms with Crippen LogP contribution in [0.25, 0.3) is 6.08 Å². The molecule has 2 fully saturated rings. The quantitative estimate of drug-likeness (QED) is 0.0708. The van der Waals surface area contributed by atoms with E-state index in [-0.39, 0.29) is 27.8 Å². The molecule has 0 heterocycles. The predicted octanol–water partition coefficient (Wildman–Crippen LogP) is 20.9. The first-order chi connectivity index (χ1) is 45.6. The van der Waals surface area contributed by atoms with Crippen molar-refractivity contribution in [3.8, 4) is 23.0 Å². The molecule has 6 aliphatic rings. The average molecular weight is 1390 g/mol. The Morgan fingerprint density at radius 3 is 1.40 bits per heavy atom. The summed E-state index contributed by atoms with van der Waals surface area (Å²) in [6, 6.07) is 55.1. The van der Waals surface area contributed by atoms with Gasteiger partial charge >= 0.3 is 0 Å². The van der Waals surface area contributed by atoms with Gasteiger partial charge in [-0.15, -0.1) is 0 Å². The van der Waals surface area contributed by atoms with Gasteiger partial charge in [-0.3, -0.25) is 19.2 Å². The summed E-state index contributed by atoms with van der Waals surface area (Å²) in [5.41, 5.74) is 13.1. The average Bonchev–Trinajstić information content (AvgIpc) is 0.773. The molecule has 0 aromatic heterocycles. The van der Waals surface area contributed by atoms with E-state index in [1.54, 1.807) is 25.1 Å². The summed E-state index contributed by atoms with van der Waals surface area (Å²) < 4.78 is 18.8. The zero-order chi connectivity index (χ0) is 67.3. The lowest BCUT2D eigenvalue weighted by Gasteiger charge is -2.51. The van der Waals surface area contributed by atoms with E-state index in [4.69, 9.17) is 14.2 Å². The molecular formula is C86H99IO8. The van der Waals surface area contributed by atoms with Crippen LogP contribution >= 0.6 is 22.6 Å². The number of halogens is 1. The third-order valence-electron chi connectivity index (χ3n) is 21.8. The van der Waals surface area contributed by atoms with Gasteiger partial charge in [0.15, 0.2) is 11.6 Å². The number of phenols is 1. The van der Waals surface area contributed by atoms with Crippen molar-refractivity contribution in [3.63, 3.8) is 0 Å². The van der Waals surface area contributed by atoms with E-state index in [0.717, 1.165) is 76.9 Å². The van der Waals surface area contributed by atoms with Gasteiger partial charge in [0.2, 0.25) is 0 Å². The molecule has 7 aromatic rings. The Morgan fingerprint density at radius 2 is 0.947 bits per heavy atom. The molecule has 9 heteroatoms. The van der Waals surface area contributed by atoms with Crippen LogP contribution < -0.4 is 14.2 Å². The van der Waals surface area contributed by atoms with Gasteiger partial charge in [0.25, 0.3) is 0 Å². The first-order valence-corrected chi connectivity index (χ1v) is 36.0. The molecule has 7 aromatic carbocycles. The lowest BCUT2D eigenvalue weighted by atomic mass is 9.53. The van der Waals surface area contributed by atoms with E-state index in [1.807, 2.05) is 97.1 Å². The molecule has 8 nitrogen and oxygen atoms in total. The number of phenolic OH excluding ortho intramolecular Hbond substituents is 1. The number of benzene rings is 7. The second-order valence-electron chi connectivity index (χ2n) is 29.5. The summed E-state index contributed by atoms with van der Waals surface area (Å²) in [6.07, 6.45) is 22.3. The van der Waals surface area contributed by atoms with Crippen molar-refractivity contribution in [3.05, 3.63) is 241 Å². The number of ketones is 4. The van der Waals surface area contributed by atoms with E-state index >= 15 is 0 Å². The summed E-state index contributed by atoms with van der Waals surface area (Å²) in [5.74, 6) is 7.68. The lowest BCUT2D eigenvalue weighted by Crippen LogP contribution is -2.43. The molecule has 0 saturated heterocycles. The number of fused-ring (bicyclic) bond motifs is 9. The summed E-state index contributed by atoms with van der Waals surface area (Å²) in [5, 5.41) is 9.73. The molecule has 0 amide bonds. The molecule has 8 atom stereocenters. The van der Waals surface area contributed by atoms with Crippen LogP contribution in [0.4, 0.5) is 0 Å². The van der Waals surface area contributed by atoms with E-state index in [1.165, 1.54) is 76.6 Å². The van der Waals surface area contributed by atoms with Crippen molar-refractivity contribution < 1.29 is 38.5 Å². The summed E-state index contributed by atoms with van der Waals surface area (Å²) >= 11 is 2.24. The first kappa shape index (κ1) is 70.4. The second kappa shape index (κ2) is 32.1. The van der Waals surface area contributed by atoms with Crippen molar-refractivity contribution in [2.45, 2.75) is 189 Å². The van der Waals surface area contributed by atoms with Crippen molar-refractivity contribution in [2.75, 3.05) is 0 Å². The molecule has 2 saturated carbocycles. The highest BCUT2D eigenvalue weighted by Crippen LogP contribution is 2.59. The minimum Gasteiger partial charge on any atom is -0.508 e. The Balaban J connectivity index is 0.000000139. The molecule has 498 valence electrons. The summed E-state index contributed by atoms with van der Waals surface area (Å²) in [4.78, 5) is 47.8. The number of carbonyl (C=O) groups is 4. The lowest BCUT2D eigenvalue weighted by molar-refractivity contribution is -0.127. The maximum Gasteiger partial charge on any atom is 0.156 e. The van der Waals surface area contributed by atoms with E-state index in [0.29, 0.717) is 97.8 Å². The predicted molar refractivity (Wildman–Crippen MR) is 392 cm³/mol. The number of aromatic hydroxyl groups is 1. The Morgan fingerprint density at radius 1 is 0.526 bits per heavy atom. The maximum atomic E-state index is 12.6. The Bertz CT molecular complexity index is 3830. The number of ether oxygens (including phenoxy) is 3. The number of rotatable bonds is 17. The van der Waals surface area contributed by atoms with Gasteiger partial charge in [0.05, 0.1) is 0 Å². The molecule has 0 radical (unpaired) electrons. The highest BCUT2D eigenvalue weighted by molar-refractivity contribution is 14.1. The number of Topliss-reactive ketones (excluding diaryl/α,β-unsaturated/α-hetero) is 2. The Hall–Kier alpha value is -7.37. The van der Waals surface area contributed by atoms with E-state index in [2.05, 4.69) is 144 Å². The highest BCUT2D eigenvalue weighted by atomic mass is 127. The maximum absolute atomic E-state index is 12.6. The third kappa shape index (κ3) is 18.2. The molecule has 0 spiro atoms. The Labute approximate surface area is 579 Å². The van der Waals surface area contributed by atoms with Crippen LogP contribution in [-0.2, 0) is 58.3 Å². The summed E-state index contributed by atoms with van der Waals surface area (Å²) in [7, 11) is 0. The topological polar surface area (TPSA) is 116 Å². The molecular weight excluding hydrogens is 1290 g/mol. The van der Waals surface area contributed by atoms with Crippen molar-refractivity contribution in [2.24, 2.45) is 39.9 Å². The van der Waals surface area contributed by atoms with E-state index < -0.39 is 0 Å². The highest BCUT2D eigenvalue weighted by Gasteiger charge is 2.51. The van der Waals surface area contributed by atoms with Crippen molar-refractivity contribution in [1.29, 1.82) is 0 Å². The van der Waals surface area contributed by atoms with E-state index in [9.17, 15) is 24.3 Å². The molecule has 0 aliphatic heterocycles. The number of hydrogen-bond acceptors (Lipinski definition) is 8. The molecule has 0 bridgehead atoms. The zero-order valence-electron chi connectivity index (χ0n) is 57.4. The van der Waals surface area contributed by atoms with Crippen LogP contribution in [0.3, 0.4) is 0 Å². The number of allylic oxidation sites excluding steroid dienone is 3. The van der Waals surface area contributed by atoms with Crippen LogP contribution in [0.1, 0.15) is 206 Å². The van der Waals surface area contributed by atoms with Gasteiger partial charge < -0.3 is 19.3 Å². The SMILES string of the molecule is CC(=O)/C=C/c1ccc(OCc2ccccc2)cc1I.CC(C)CC[C@H]1CC(=O)C[C@@H]2c3ccc(O)cc3CC[C@@]12C.CC(C)CC[C@H]1CC(=O)C[C@@H]2c3ccc(OCc4ccccc4)cc3CC[C@@]12C.C[C@]12C=CC(=O)C[C@@H]1c1ccc(OCc3ccccc3)cc1CC2. The van der Waals surface area contributed by atoms with Gasteiger partial charge in [0, 0.05) is 41.6 Å². The van der Waals surface area contributed by atoms with Crippen molar-refractivity contribution in [1.82, 2.24) is 0 Å². The molecule has 0 unspecified atom stereocenters. The van der Waals surface area contributed by atoms with Crippen LogP contribution in [0.5, 0.6) is 23.0 Å². The van der Waals surface area contributed by atoms with Crippen LogP contribution in [0.2, 0.25) is 0 Å². The molecule has 13 rings (SSSR count). The standard InChI is InChI=1S/C27H34O2.C22H22O2.C20H28O2.C17H15IO2/c1-19(2)9-10-22-16-23(28)17-26-25-12-11-24(15-21(25)13-14-27(22,26)3)29-18-20-7-5-4-6-8-20;1-22-11-9-17-13-19(24-15-16-5-3-2-4-6-16)7-8-20(17)21(22)14-18(23)10-12-22;1-13(2)4-5-15-11-17(22)12-19-18-7-6-16(21)10-14(18)8-9-20(15,19)3;1-13(19)7-8-15-9-10-16(11-17(15)18)20-12-14-5-3-2-4-6-14/h4-8,11-12,15,19,22,26H,9-10,13-14,16-18H2,1-3H3;2-8,10,12-13,21H,9,11,14-15H2,1H3;6-7,10,13,15,19,21H,4-5,8-9,11-12H2,1-3H3;2-11H,12H2,1H3/b;;;8-7+/t22-,26+,27-;21-,22+;15-,19+,20-;/m010./s1. The fourth-order valence-electron chi connectivity index (χ4n) is 15.9. The smallest absolute Gasteiger partial charge is 0.156 e. The number of hydrogen-bond donors (Lipinski definition) is 1. The second-order valence-corrected chi connectivity index (χ2v) is 30.6. The van der Waals surface area contributed by atoms with Crippen LogP contribution in [-0.4, -0.2) is 28.2 Å². The van der Waals surface area contributed by atoms with Crippen molar-refractivity contribution >= 4 is 51.8 Å². The fourth-order valence-corrected chi connectivity index (χ4v) is 16.6. The minimum absolute atomic E-state index is 0.0465. The monoisotopic (exact) mass is 1390 g/mol. The minimum atomic E-state index is 0.0465. The molecule has 95 heavy (non-hydrogen) atoms. The zero-order valence-corrected chi connectivity index (χ0v) is 59.5. The van der Waals surface area contributed by atoms with Gasteiger partial charge in [-0.2, -0.15) is 0 Å². The first-order valence-electron chi connectivity index (χ1n) is 35.0. The largest absolute Gasteiger partial charge is 0.508 e. The normalized spacial score (nSPS) is 23.7. The van der Waals surface area contributed by atoms with Gasteiger partial charge in [0.1, 0.15) is 54.4 Å². The van der Waals surface area contributed by atoms with Crippen LogP contribution in [0.15, 0.2) is 182 Å². The molecule has 6 aliphatic carbocycles. The van der Waals surface area contributed by atoms with Gasteiger partial charge in [-0.1, -0.05) is 189 Å². The fraction of sp³-hybridized carbons (Fsp3) is 0.419. The number of aryl methyl sites for hydroxylation is 3. The van der Waals surface area contributed by atoms with Gasteiger partial charge in [-0.25, -0.2) is 0 Å². The van der Waals surface area contributed by atoms with Crippen LogP contribution in [0, 0.1) is 43.5 Å².